The van der Waals surface area contributed by atoms with Gasteiger partial charge in [-0.15, -0.1) is 0 Å². The molecule has 1 fully saturated rings. The molecule has 0 saturated carbocycles. The van der Waals surface area contributed by atoms with Crippen LogP contribution in [-0.2, 0) is 0 Å². The molecular weight excluding hydrogens is 363 g/mol. The van der Waals surface area contributed by atoms with Crippen molar-refractivity contribution in [3.63, 3.8) is 0 Å². The monoisotopic (exact) mass is 380 g/mol. The number of amides is 1. The van der Waals surface area contributed by atoms with Crippen LogP contribution < -0.4 is 9.64 Å². The average Bonchev–Trinajstić information content (AvgIpc) is 3.03. The van der Waals surface area contributed by atoms with Gasteiger partial charge in [0.15, 0.2) is 5.82 Å². The van der Waals surface area contributed by atoms with E-state index in [-0.39, 0.29) is 12.0 Å². The van der Waals surface area contributed by atoms with E-state index < -0.39 is 0 Å². The lowest BCUT2D eigenvalue weighted by atomic mass is 10.2. The first-order valence-corrected chi connectivity index (χ1v) is 8.60. The Morgan fingerprint density at radius 3 is 2.84 bits per heavy atom. The first-order valence-electron chi connectivity index (χ1n) is 7.84. The van der Waals surface area contributed by atoms with Gasteiger partial charge < -0.3 is 14.5 Å². The number of carbonyl (C=O) groups excluding carboxylic acids is 1. The second-order valence-corrected chi connectivity index (χ2v) is 6.86. The molecule has 0 radical (unpaired) electrons. The summed E-state index contributed by atoms with van der Waals surface area (Å²) in [6.07, 6.45) is 3.85. The molecule has 1 aliphatic rings. The fraction of sp³-hybridized carbons (Fsp3) is 0.353. The number of rotatable bonds is 4. The molecule has 0 aliphatic carbocycles. The number of aromatic nitrogens is 2. The molecule has 1 saturated heterocycles. The molecule has 1 amide bonds. The number of hydrogen-bond donors (Lipinski definition) is 0. The minimum absolute atomic E-state index is 0.123. The first kappa shape index (κ1) is 17.8. The summed E-state index contributed by atoms with van der Waals surface area (Å²) in [5.74, 6) is 1.05. The highest BCUT2D eigenvalue weighted by atomic mass is 35.5. The smallest absolute Gasteiger partial charge is 0.255 e. The number of nitrogens with zero attached hydrogens (tertiary/aromatic N) is 4. The van der Waals surface area contributed by atoms with Crippen LogP contribution in [0.15, 0.2) is 30.6 Å². The van der Waals surface area contributed by atoms with Crippen molar-refractivity contribution in [2.75, 3.05) is 32.1 Å². The Balaban J connectivity index is 1.65. The number of benzene rings is 1. The van der Waals surface area contributed by atoms with Crippen molar-refractivity contribution in [1.82, 2.24) is 14.9 Å². The van der Waals surface area contributed by atoms with Gasteiger partial charge >= 0.3 is 0 Å². The number of halogens is 2. The molecule has 0 N–H and O–H groups in total. The lowest BCUT2D eigenvalue weighted by Crippen LogP contribution is -2.31. The maximum atomic E-state index is 12.6. The zero-order valence-electron chi connectivity index (χ0n) is 13.9. The van der Waals surface area contributed by atoms with Gasteiger partial charge in [-0.2, -0.15) is 4.98 Å². The summed E-state index contributed by atoms with van der Waals surface area (Å²) >= 11 is 12.0. The number of likely N-dealkylation sites (tertiary alicyclic amines) is 1. The van der Waals surface area contributed by atoms with Crippen LogP contribution in [0.5, 0.6) is 5.88 Å². The highest BCUT2D eigenvalue weighted by molar-refractivity contribution is 6.36. The Bertz CT molecular complexity index is 785. The Labute approximate surface area is 156 Å². The van der Waals surface area contributed by atoms with Gasteiger partial charge in [0.25, 0.3) is 5.91 Å². The van der Waals surface area contributed by atoms with Crippen molar-refractivity contribution < 1.29 is 9.53 Å². The predicted molar refractivity (Wildman–Crippen MR) is 97.8 cm³/mol. The molecular formula is C17H18Cl2N4O2. The SMILES string of the molecule is CN(C)c1cncc(OC2CCN(C(=O)c3ccc(Cl)cc3Cl)C2)n1. The maximum Gasteiger partial charge on any atom is 0.255 e. The summed E-state index contributed by atoms with van der Waals surface area (Å²) < 4.78 is 5.88. The van der Waals surface area contributed by atoms with E-state index >= 15 is 0 Å². The van der Waals surface area contributed by atoms with Crippen molar-refractivity contribution in [3.8, 4) is 5.88 Å². The summed E-state index contributed by atoms with van der Waals surface area (Å²) in [6, 6.07) is 4.88. The van der Waals surface area contributed by atoms with Crippen LogP contribution in [0.3, 0.4) is 0 Å². The third-order valence-corrected chi connectivity index (χ3v) is 4.49. The minimum Gasteiger partial charge on any atom is -0.471 e. The summed E-state index contributed by atoms with van der Waals surface area (Å²) in [5.41, 5.74) is 0.445. The Kier molecular flexibility index (Phi) is 5.30. The van der Waals surface area contributed by atoms with Crippen LogP contribution in [-0.4, -0.2) is 54.1 Å². The van der Waals surface area contributed by atoms with E-state index in [2.05, 4.69) is 9.97 Å². The summed E-state index contributed by atoms with van der Waals surface area (Å²) in [6.45, 7) is 1.08. The summed E-state index contributed by atoms with van der Waals surface area (Å²) in [7, 11) is 3.78. The van der Waals surface area contributed by atoms with Crippen molar-refractivity contribution in [3.05, 3.63) is 46.2 Å². The molecule has 0 bridgehead atoms. The molecule has 6 nitrogen and oxygen atoms in total. The second kappa shape index (κ2) is 7.45. The molecule has 132 valence electrons. The standard InChI is InChI=1S/C17H18Cl2N4O2/c1-22(2)15-8-20-9-16(21-15)25-12-5-6-23(10-12)17(24)13-4-3-11(18)7-14(13)19/h3-4,7-9,12H,5-6,10H2,1-2H3. The maximum absolute atomic E-state index is 12.6. The van der Waals surface area contributed by atoms with Crippen LogP contribution in [0.2, 0.25) is 10.0 Å². The molecule has 1 aromatic carbocycles. The van der Waals surface area contributed by atoms with Gasteiger partial charge in [-0.3, -0.25) is 9.78 Å². The van der Waals surface area contributed by atoms with Crippen molar-refractivity contribution in [1.29, 1.82) is 0 Å². The zero-order valence-corrected chi connectivity index (χ0v) is 15.5. The van der Waals surface area contributed by atoms with Crippen molar-refractivity contribution in [2.45, 2.75) is 12.5 Å². The van der Waals surface area contributed by atoms with E-state index in [4.69, 9.17) is 27.9 Å². The highest BCUT2D eigenvalue weighted by Crippen LogP contribution is 2.25. The van der Waals surface area contributed by atoms with E-state index in [1.54, 1.807) is 35.5 Å². The quantitative estimate of drug-likeness (QED) is 0.815. The first-order chi connectivity index (χ1) is 11.9. The third kappa shape index (κ3) is 4.14. The van der Waals surface area contributed by atoms with Gasteiger partial charge in [-0.25, -0.2) is 0 Å². The molecule has 1 unspecified atom stereocenters. The normalized spacial score (nSPS) is 16.8. The number of anilines is 1. The number of hydrogen-bond acceptors (Lipinski definition) is 5. The fourth-order valence-corrected chi connectivity index (χ4v) is 3.11. The van der Waals surface area contributed by atoms with Crippen LogP contribution >= 0.6 is 23.2 Å². The van der Waals surface area contributed by atoms with Crippen LogP contribution in [0.4, 0.5) is 5.82 Å². The van der Waals surface area contributed by atoms with Crippen LogP contribution in [0, 0.1) is 0 Å². The number of ether oxygens (including phenoxy) is 1. The molecule has 3 rings (SSSR count). The minimum atomic E-state index is -0.124. The Hall–Kier alpha value is -2.05. The van der Waals surface area contributed by atoms with Crippen molar-refractivity contribution >= 4 is 34.9 Å². The second-order valence-electron chi connectivity index (χ2n) is 6.01. The van der Waals surface area contributed by atoms with Crippen LogP contribution in [0.1, 0.15) is 16.8 Å². The summed E-state index contributed by atoms with van der Waals surface area (Å²) in [5, 5.41) is 0.856. The molecule has 0 spiro atoms. The average molecular weight is 381 g/mol. The zero-order chi connectivity index (χ0) is 18.0. The molecule has 25 heavy (non-hydrogen) atoms. The van der Waals surface area contributed by atoms with Gasteiger partial charge in [-0.05, 0) is 18.2 Å². The van der Waals surface area contributed by atoms with E-state index in [1.165, 1.54) is 0 Å². The van der Waals surface area contributed by atoms with Gasteiger partial charge in [0.05, 0.1) is 29.5 Å². The lowest BCUT2D eigenvalue weighted by molar-refractivity contribution is 0.0771. The van der Waals surface area contributed by atoms with Gasteiger partial charge in [-0.1, -0.05) is 23.2 Å². The molecule has 1 aromatic heterocycles. The Morgan fingerprint density at radius 2 is 2.12 bits per heavy atom. The predicted octanol–water partition coefficient (Wildman–Crippen LogP) is 3.14. The topological polar surface area (TPSA) is 58.6 Å². The number of carbonyl (C=O) groups is 1. The van der Waals surface area contributed by atoms with E-state index in [0.717, 1.165) is 12.2 Å². The van der Waals surface area contributed by atoms with E-state index in [1.807, 2.05) is 19.0 Å². The van der Waals surface area contributed by atoms with E-state index in [9.17, 15) is 4.79 Å². The highest BCUT2D eigenvalue weighted by Gasteiger charge is 2.29. The molecule has 2 aromatic rings. The van der Waals surface area contributed by atoms with Crippen molar-refractivity contribution in [2.24, 2.45) is 0 Å². The van der Waals surface area contributed by atoms with Gasteiger partial charge in [0.1, 0.15) is 6.10 Å². The van der Waals surface area contributed by atoms with Gasteiger partial charge in [0, 0.05) is 32.1 Å². The fourth-order valence-electron chi connectivity index (χ4n) is 2.62. The molecule has 1 aliphatic heterocycles. The van der Waals surface area contributed by atoms with E-state index in [0.29, 0.717) is 34.6 Å². The van der Waals surface area contributed by atoms with Gasteiger partial charge in [0.2, 0.25) is 5.88 Å². The largest absolute Gasteiger partial charge is 0.471 e. The Morgan fingerprint density at radius 1 is 1.32 bits per heavy atom. The third-order valence-electron chi connectivity index (χ3n) is 3.94. The molecule has 2 heterocycles. The molecule has 8 heteroatoms. The van der Waals surface area contributed by atoms with Crippen LogP contribution in [0.25, 0.3) is 0 Å². The lowest BCUT2D eigenvalue weighted by Gasteiger charge is -2.18. The molecule has 1 atom stereocenters. The summed E-state index contributed by atoms with van der Waals surface area (Å²) in [4.78, 5) is 24.7.